The Morgan fingerprint density at radius 2 is 1.73 bits per heavy atom. The molecule has 0 unspecified atom stereocenters. The van der Waals surface area contributed by atoms with Crippen molar-refractivity contribution in [3.63, 3.8) is 0 Å². The van der Waals surface area contributed by atoms with Crippen LogP contribution >= 0.6 is 0 Å². The van der Waals surface area contributed by atoms with Crippen molar-refractivity contribution in [1.82, 2.24) is 9.62 Å². The van der Waals surface area contributed by atoms with Gasteiger partial charge in [0.2, 0.25) is 15.9 Å². The quantitative estimate of drug-likeness (QED) is 0.382. The number of aryl methyl sites for hydroxylation is 1. The predicted octanol–water partition coefficient (Wildman–Crippen LogP) is 4.34. The van der Waals surface area contributed by atoms with E-state index in [0.29, 0.717) is 18.0 Å². The number of nitrogens with zero attached hydrogens (tertiary/aromatic N) is 2. The van der Waals surface area contributed by atoms with Crippen LogP contribution in [0.1, 0.15) is 42.5 Å². The molecule has 0 aromatic heterocycles. The summed E-state index contributed by atoms with van der Waals surface area (Å²) in [6.45, 7) is 6.52. The molecule has 1 amide bonds. The van der Waals surface area contributed by atoms with Crippen LogP contribution in [0.15, 0.2) is 77.7 Å². The smallest absolute Gasteiger partial charge is 0.250 e. The van der Waals surface area contributed by atoms with Crippen molar-refractivity contribution in [3.8, 4) is 0 Å². The van der Waals surface area contributed by atoms with Crippen molar-refractivity contribution in [1.29, 1.82) is 0 Å². The third-order valence-corrected chi connectivity index (χ3v) is 9.21. The van der Waals surface area contributed by atoms with E-state index >= 15 is 0 Å². The summed E-state index contributed by atoms with van der Waals surface area (Å²) >= 11 is 0. The molecule has 40 heavy (non-hydrogen) atoms. The van der Waals surface area contributed by atoms with Gasteiger partial charge in [0.15, 0.2) is 0 Å². The van der Waals surface area contributed by atoms with E-state index in [1.165, 1.54) is 5.56 Å². The fourth-order valence-electron chi connectivity index (χ4n) is 5.53. The number of sulfonamides is 1. The summed E-state index contributed by atoms with van der Waals surface area (Å²) in [7, 11) is -3.90. The van der Waals surface area contributed by atoms with Crippen molar-refractivity contribution in [2.24, 2.45) is 0 Å². The van der Waals surface area contributed by atoms with Crippen molar-refractivity contribution in [2.75, 3.05) is 49.5 Å². The molecular weight excluding hydrogens is 524 g/mol. The van der Waals surface area contributed by atoms with E-state index in [4.69, 9.17) is 4.74 Å². The Bertz CT molecular complexity index is 1410. The van der Waals surface area contributed by atoms with Gasteiger partial charge in [0.25, 0.3) is 0 Å². The number of benzene rings is 3. The van der Waals surface area contributed by atoms with Crippen LogP contribution in [0.5, 0.6) is 0 Å². The average Bonchev–Trinajstić information content (AvgIpc) is 2.98. The summed E-state index contributed by atoms with van der Waals surface area (Å²) in [4.78, 5) is 17.3. The van der Waals surface area contributed by atoms with Gasteiger partial charge in [-0.05, 0) is 60.7 Å². The molecule has 9 heteroatoms. The van der Waals surface area contributed by atoms with Gasteiger partial charge in [-0.1, -0.05) is 61.5 Å². The number of piperazine rings is 1. The second kappa shape index (κ2) is 13.0. The summed E-state index contributed by atoms with van der Waals surface area (Å²) in [6.07, 6.45) is 2.63. The van der Waals surface area contributed by atoms with E-state index in [1.54, 1.807) is 12.1 Å². The number of rotatable bonds is 10. The standard InChI is InChI=1S/C31H38N4O4S/c1-2-34-17-19-35(20-18-34)29-16-15-26(32-31(36)23-39-22-24-9-4-3-5-10-24)21-30(29)40(37,38)33-28-14-8-12-25-11-6-7-13-27(25)28/h3-7,9-11,13,15-16,21,28,33H,2,8,12,14,17-20,22-23H2,1H3,(H,32,36)/t28-/m0/s1. The minimum Gasteiger partial charge on any atom is -0.368 e. The first-order valence-corrected chi connectivity index (χ1v) is 15.5. The van der Waals surface area contributed by atoms with Crippen LogP contribution in [-0.4, -0.2) is 58.6 Å². The predicted molar refractivity (Wildman–Crippen MR) is 158 cm³/mol. The number of nitrogens with one attached hydrogen (secondary N) is 2. The van der Waals surface area contributed by atoms with E-state index in [1.807, 2.05) is 54.6 Å². The lowest BCUT2D eigenvalue weighted by Crippen LogP contribution is -2.46. The summed E-state index contributed by atoms with van der Waals surface area (Å²) in [5.41, 5.74) is 4.29. The van der Waals surface area contributed by atoms with Gasteiger partial charge in [0.1, 0.15) is 11.5 Å². The second-order valence-electron chi connectivity index (χ2n) is 10.4. The molecule has 8 nitrogen and oxygen atoms in total. The first kappa shape index (κ1) is 28.3. The van der Waals surface area contributed by atoms with Crippen molar-refractivity contribution in [3.05, 3.63) is 89.5 Å². The Kier molecular flexibility index (Phi) is 9.16. The van der Waals surface area contributed by atoms with E-state index < -0.39 is 10.0 Å². The van der Waals surface area contributed by atoms with Crippen LogP contribution < -0.4 is 14.9 Å². The Balaban J connectivity index is 1.36. The van der Waals surface area contributed by atoms with Gasteiger partial charge >= 0.3 is 0 Å². The number of fused-ring (bicyclic) bond motifs is 1. The number of likely N-dealkylation sites (N-methyl/N-ethyl adjacent to an activating group) is 1. The number of anilines is 2. The lowest BCUT2D eigenvalue weighted by molar-refractivity contribution is -0.121. The Hall–Kier alpha value is -3.24. The highest BCUT2D eigenvalue weighted by molar-refractivity contribution is 7.89. The molecule has 1 aliphatic heterocycles. The summed E-state index contributed by atoms with van der Waals surface area (Å²) in [6, 6.07) is 22.6. The van der Waals surface area contributed by atoms with Crippen LogP contribution in [-0.2, 0) is 32.6 Å². The van der Waals surface area contributed by atoms with Crippen LogP contribution in [0.4, 0.5) is 11.4 Å². The maximum atomic E-state index is 14.0. The van der Waals surface area contributed by atoms with E-state index in [-0.39, 0.29) is 23.5 Å². The number of carbonyl (C=O) groups excluding carboxylic acids is 1. The monoisotopic (exact) mass is 562 g/mol. The zero-order valence-corrected chi connectivity index (χ0v) is 23.8. The van der Waals surface area contributed by atoms with Crippen LogP contribution in [0.3, 0.4) is 0 Å². The molecule has 1 aliphatic carbocycles. The fourth-order valence-corrected chi connectivity index (χ4v) is 7.03. The van der Waals surface area contributed by atoms with Gasteiger partial charge in [0, 0.05) is 37.9 Å². The Morgan fingerprint density at radius 1 is 0.975 bits per heavy atom. The summed E-state index contributed by atoms with van der Waals surface area (Å²) in [5.74, 6) is -0.335. The van der Waals surface area contributed by atoms with E-state index in [2.05, 4.69) is 32.8 Å². The zero-order chi connectivity index (χ0) is 28.0. The lowest BCUT2D eigenvalue weighted by Gasteiger charge is -2.36. The van der Waals surface area contributed by atoms with Gasteiger partial charge in [-0.2, -0.15) is 0 Å². The number of hydrogen-bond acceptors (Lipinski definition) is 6. The molecule has 2 aliphatic rings. The SMILES string of the molecule is CCN1CCN(c2ccc(NC(=O)COCc3ccccc3)cc2S(=O)(=O)N[C@H]2CCCc3ccccc32)CC1. The molecule has 1 saturated heterocycles. The van der Waals surface area contributed by atoms with Gasteiger partial charge in [0.05, 0.1) is 12.3 Å². The molecular formula is C31H38N4O4S. The molecule has 2 N–H and O–H groups in total. The van der Waals surface area contributed by atoms with Crippen LogP contribution in [0.25, 0.3) is 0 Å². The lowest BCUT2D eigenvalue weighted by atomic mass is 9.88. The van der Waals surface area contributed by atoms with Crippen LogP contribution in [0.2, 0.25) is 0 Å². The largest absolute Gasteiger partial charge is 0.368 e. The van der Waals surface area contributed by atoms with Crippen molar-refractivity contribution >= 4 is 27.3 Å². The summed E-state index contributed by atoms with van der Waals surface area (Å²) < 4.78 is 36.5. The minimum absolute atomic E-state index is 0.130. The molecule has 0 bridgehead atoms. The number of amides is 1. The van der Waals surface area contributed by atoms with Gasteiger partial charge in [-0.15, -0.1) is 0 Å². The first-order valence-electron chi connectivity index (χ1n) is 14.1. The highest BCUT2D eigenvalue weighted by Crippen LogP contribution is 2.34. The zero-order valence-electron chi connectivity index (χ0n) is 23.0. The number of ether oxygens (including phenoxy) is 1. The fraction of sp³-hybridized carbons (Fsp3) is 0.387. The maximum absolute atomic E-state index is 14.0. The maximum Gasteiger partial charge on any atom is 0.250 e. The van der Waals surface area contributed by atoms with E-state index in [9.17, 15) is 13.2 Å². The minimum atomic E-state index is -3.90. The molecule has 0 saturated carbocycles. The van der Waals surface area contributed by atoms with Gasteiger partial charge in [-0.25, -0.2) is 13.1 Å². The van der Waals surface area contributed by atoms with Crippen LogP contribution in [0, 0.1) is 0 Å². The molecule has 1 atom stereocenters. The highest BCUT2D eigenvalue weighted by Gasteiger charge is 2.30. The average molecular weight is 563 g/mol. The van der Waals surface area contributed by atoms with Gasteiger partial charge < -0.3 is 19.9 Å². The molecule has 3 aromatic carbocycles. The van der Waals surface area contributed by atoms with Crippen molar-refractivity contribution in [2.45, 2.75) is 43.7 Å². The Morgan fingerprint density at radius 3 is 2.50 bits per heavy atom. The molecule has 212 valence electrons. The highest BCUT2D eigenvalue weighted by atomic mass is 32.2. The first-order chi connectivity index (χ1) is 19.4. The third-order valence-electron chi connectivity index (χ3n) is 7.70. The van der Waals surface area contributed by atoms with E-state index in [0.717, 1.165) is 63.1 Å². The molecule has 0 radical (unpaired) electrons. The van der Waals surface area contributed by atoms with Gasteiger partial charge in [-0.3, -0.25) is 4.79 Å². The van der Waals surface area contributed by atoms with Crippen molar-refractivity contribution < 1.29 is 17.9 Å². The number of carbonyl (C=O) groups is 1. The molecule has 1 fully saturated rings. The second-order valence-corrected chi connectivity index (χ2v) is 12.1. The third kappa shape index (κ3) is 6.90. The topological polar surface area (TPSA) is 91.0 Å². The molecule has 0 spiro atoms. The Labute approximate surface area is 237 Å². The molecule has 1 heterocycles. The molecule has 5 rings (SSSR count). The summed E-state index contributed by atoms with van der Waals surface area (Å²) in [5, 5.41) is 2.82. The molecule has 3 aromatic rings. The normalized spacial score (nSPS) is 17.8. The number of hydrogen-bond donors (Lipinski definition) is 2.